The Kier molecular flexibility index (Phi) is 7.57. The van der Waals surface area contributed by atoms with Crippen LogP contribution in [0.15, 0.2) is 77.9 Å². The van der Waals surface area contributed by atoms with Crippen molar-refractivity contribution in [2.45, 2.75) is 6.92 Å². The van der Waals surface area contributed by atoms with Crippen molar-refractivity contribution < 1.29 is 28.7 Å². The third kappa shape index (κ3) is 5.73. The van der Waals surface area contributed by atoms with Gasteiger partial charge in [-0.2, -0.15) is 5.10 Å². The second-order valence-electron chi connectivity index (χ2n) is 8.26. The molecule has 192 valence electrons. The molecule has 0 radical (unpaired) electrons. The third-order valence-corrected chi connectivity index (χ3v) is 5.62. The van der Waals surface area contributed by atoms with Gasteiger partial charge in [0.2, 0.25) is 5.91 Å². The second-order valence-corrected chi connectivity index (χ2v) is 8.26. The topological polar surface area (TPSA) is 146 Å². The van der Waals surface area contributed by atoms with Gasteiger partial charge in [-0.05, 0) is 55.5 Å². The fourth-order valence-electron chi connectivity index (χ4n) is 3.56. The van der Waals surface area contributed by atoms with E-state index in [2.05, 4.69) is 21.2 Å². The number of hydrogen-bond donors (Lipinski definition) is 3. The number of amides is 6. The summed E-state index contributed by atoms with van der Waals surface area (Å²) in [4.78, 5) is 63.1. The van der Waals surface area contributed by atoms with Crippen LogP contribution in [0.1, 0.15) is 26.3 Å². The summed E-state index contributed by atoms with van der Waals surface area (Å²) in [5, 5.41) is 8.58. The summed E-state index contributed by atoms with van der Waals surface area (Å²) >= 11 is 0. The number of aryl methyl sites for hydroxylation is 1. The average Bonchev–Trinajstić information content (AvgIpc) is 2.91. The Labute approximate surface area is 217 Å². The van der Waals surface area contributed by atoms with Crippen LogP contribution in [0, 0.1) is 12.8 Å². The zero-order valence-electron chi connectivity index (χ0n) is 20.4. The first-order valence-corrected chi connectivity index (χ1v) is 11.4. The number of benzene rings is 3. The molecule has 1 aliphatic rings. The van der Waals surface area contributed by atoms with E-state index in [0.717, 1.165) is 16.7 Å². The van der Waals surface area contributed by atoms with Gasteiger partial charge in [-0.1, -0.05) is 23.8 Å². The molecule has 1 heterocycles. The molecule has 1 fully saturated rings. The highest BCUT2D eigenvalue weighted by Crippen LogP contribution is 2.24. The number of carbonyl (C=O) groups is 5. The van der Waals surface area contributed by atoms with Gasteiger partial charge < -0.3 is 10.1 Å². The van der Waals surface area contributed by atoms with Gasteiger partial charge in [0.15, 0.2) is 5.92 Å². The molecule has 11 heteroatoms. The molecule has 4 rings (SSSR count). The number of anilines is 2. The first-order valence-electron chi connectivity index (χ1n) is 11.4. The Bertz CT molecular complexity index is 1430. The zero-order valence-corrected chi connectivity index (χ0v) is 20.4. The van der Waals surface area contributed by atoms with Gasteiger partial charge in [0.1, 0.15) is 5.75 Å². The largest absolute Gasteiger partial charge is 0.497 e. The van der Waals surface area contributed by atoms with Crippen LogP contribution in [0.2, 0.25) is 0 Å². The smallest absolute Gasteiger partial charge is 0.335 e. The Morgan fingerprint density at radius 1 is 0.947 bits per heavy atom. The summed E-state index contributed by atoms with van der Waals surface area (Å²) in [5.74, 6) is -3.63. The van der Waals surface area contributed by atoms with Gasteiger partial charge in [-0.3, -0.25) is 24.5 Å². The summed E-state index contributed by atoms with van der Waals surface area (Å²) in [6, 6.07) is 18.5. The summed E-state index contributed by atoms with van der Waals surface area (Å²) < 4.78 is 5.12. The van der Waals surface area contributed by atoms with Gasteiger partial charge >= 0.3 is 6.03 Å². The fraction of sp³-hybridized carbons (Fsp3) is 0.111. The van der Waals surface area contributed by atoms with Crippen LogP contribution in [0.5, 0.6) is 5.75 Å². The standard InChI is InChI=1S/C27H23N5O6/c1-16-6-8-17(9-7-16)23(33)29-19-12-10-18(11-13-19)24(34)31-28-15-22-25(35)30-27(37)32(26(22)36)20-4-3-5-21(14-20)38-2/h3-15,22H,1-2H3,(H,29,33)(H,31,34)(H,30,35,37)/b28-15-/t22-/m1/s1. The number of nitrogens with zero attached hydrogens (tertiary/aromatic N) is 2. The number of hydrogen-bond acceptors (Lipinski definition) is 7. The quantitative estimate of drug-likeness (QED) is 0.252. The number of methoxy groups -OCH3 is 1. The zero-order chi connectivity index (χ0) is 27.2. The number of hydrazone groups is 1. The molecule has 11 nitrogen and oxygen atoms in total. The van der Waals surface area contributed by atoms with Crippen LogP contribution in [0.25, 0.3) is 0 Å². The minimum Gasteiger partial charge on any atom is -0.497 e. The summed E-state index contributed by atoms with van der Waals surface area (Å²) in [5.41, 5.74) is 4.71. The monoisotopic (exact) mass is 513 g/mol. The molecule has 0 unspecified atom stereocenters. The van der Waals surface area contributed by atoms with Crippen LogP contribution in [0.3, 0.4) is 0 Å². The van der Waals surface area contributed by atoms with Crippen molar-refractivity contribution in [2.75, 3.05) is 17.3 Å². The van der Waals surface area contributed by atoms with Gasteiger partial charge in [0.05, 0.1) is 12.8 Å². The normalized spacial score (nSPS) is 15.3. The van der Waals surface area contributed by atoms with Crippen molar-refractivity contribution in [3.63, 3.8) is 0 Å². The van der Waals surface area contributed by atoms with Crippen molar-refractivity contribution in [3.05, 3.63) is 89.5 Å². The lowest BCUT2D eigenvalue weighted by atomic mass is 10.1. The SMILES string of the molecule is COc1cccc(N2C(=O)NC(=O)[C@@H](/C=N\NC(=O)c3ccc(NC(=O)c4ccc(C)cc4)cc3)C2=O)c1. The maximum Gasteiger partial charge on any atom is 0.335 e. The van der Waals surface area contributed by atoms with E-state index in [4.69, 9.17) is 4.74 Å². The molecule has 1 aliphatic heterocycles. The molecule has 0 aromatic heterocycles. The molecular formula is C27H23N5O6. The molecule has 1 saturated heterocycles. The molecule has 3 N–H and O–H groups in total. The minimum absolute atomic E-state index is 0.205. The van der Waals surface area contributed by atoms with Crippen LogP contribution in [-0.2, 0) is 9.59 Å². The highest BCUT2D eigenvalue weighted by molar-refractivity contribution is 6.32. The second kappa shape index (κ2) is 11.2. The molecule has 3 aromatic rings. The average molecular weight is 514 g/mol. The van der Waals surface area contributed by atoms with E-state index in [-0.39, 0.29) is 17.2 Å². The van der Waals surface area contributed by atoms with Crippen molar-refractivity contribution in [3.8, 4) is 5.75 Å². The van der Waals surface area contributed by atoms with Crippen LogP contribution >= 0.6 is 0 Å². The number of nitrogens with one attached hydrogen (secondary N) is 3. The van der Waals surface area contributed by atoms with Gasteiger partial charge in [0.25, 0.3) is 17.7 Å². The Morgan fingerprint density at radius 3 is 2.29 bits per heavy atom. The van der Waals surface area contributed by atoms with Crippen molar-refractivity contribution in [2.24, 2.45) is 11.0 Å². The van der Waals surface area contributed by atoms with Gasteiger partial charge in [-0.25, -0.2) is 15.1 Å². The van der Waals surface area contributed by atoms with Crippen molar-refractivity contribution >= 4 is 47.2 Å². The highest BCUT2D eigenvalue weighted by Gasteiger charge is 2.40. The Hall–Kier alpha value is -5.32. The molecule has 0 saturated carbocycles. The van der Waals surface area contributed by atoms with Gasteiger partial charge in [-0.15, -0.1) is 0 Å². The number of carbonyl (C=O) groups excluding carboxylic acids is 5. The van der Waals surface area contributed by atoms with E-state index in [1.165, 1.54) is 31.4 Å². The van der Waals surface area contributed by atoms with Crippen LogP contribution in [-0.4, -0.2) is 43.0 Å². The van der Waals surface area contributed by atoms with E-state index in [9.17, 15) is 24.0 Å². The van der Waals surface area contributed by atoms with E-state index in [0.29, 0.717) is 17.0 Å². The summed E-state index contributed by atoms with van der Waals surface area (Å²) in [6.07, 6.45) is 0.950. The lowest BCUT2D eigenvalue weighted by molar-refractivity contribution is -0.131. The number of barbiturate groups is 1. The molecule has 38 heavy (non-hydrogen) atoms. The van der Waals surface area contributed by atoms with E-state index in [1.54, 1.807) is 36.4 Å². The summed E-state index contributed by atoms with van der Waals surface area (Å²) in [6.45, 7) is 1.93. The molecular weight excluding hydrogens is 490 g/mol. The first kappa shape index (κ1) is 25.8. The maximum absolute atomic E-state index is 12.9. The van der Waals surface area contributed by atoms with Crippen LogP contribution in [0.4, 0.5) is 16.2 Å². The van der Waals surface area contributed by atoms with Crippen molar-refractivity contribution in [1.29, 1.82) is 0 Å². The fourth-order valence-corrected chi connectivity index (χ4v) is 3.56. The Balaban J connectivity index is 1.38. The first-order chi connectivity index (χ1) is 18.3. The van der Waals surface area contributed by atoms with E-state index < -0.39 is 29.7 Å². The van der Waals surface area contributed by atoms with E-state index >= 15 is 0 Å². The van der Waals surface area contributed by atoms with Gasteiger partial charge in [0, 0.05) is 29.1 Å². The predicted octanol–water partition coefficient (Wildman–Crippen LogP) is 2.87. The summed E-state index contributed by atoms with van der Waals surface area (Å²) in [7, 11) is 1.44. The molecule has 0 aliphatic carbocycles. The Morgan fingerprint density at radius 2 is 1.61 bits per heavy atom. The molecule has 1 atom stereocenters. The number of imide groups is 2. The molecule has 0 bridgehead atoms. The number of ether oxygens (including phenoxy) is 1. The maximum atomic E-state index is 12.9. The number of urea groups is 1. The predicted molar refractivity (Wildman–Crippen MR) is 139 cm³/mol. The number of rotatable bonds is 7. The molecule has 0 spiro atoms. The lowest BCUT2D eigenvalue weighted by Gasteiger charge is -2.28. The van der Waals surface area contributed by atoms with Crippen LogP contribution < -0.4 is 25.7 Å². The van der Waals surface area contributed by atoms with E-state index in [1.807, 2.05) is 19.1 Å². The van der Waals surface area contributed by atoms with Crippen molar-refractivity contribution in [1.82, 2.24) is 10.7 Å². The third-order valence-electron chi connectivity index (χ3n) is 5.62. The molecule has 6 amide bonds. The molecule has 3 aromatic carbocycles. The lowest BCUT2D eigenvalue weighted by Crippen LogP contribution is -2.58. The minimum atomic E-state index is -1.45. The highest BCUT2D eigenvalue weighted by atomic mass is 16.5.